The Morgan fingerprint density at radius 2 is 2.33 bits per heavy atom. The van der Waals surface area contributed by atoms with Gasteiger partial charge in [-0.15, -0.1) is 0 Å². The van der Waals surface area contributed by atoms with Gasteiger partial charge in [0.25, 0.3) is 0 Å². The quantitative estimate of drug-likeness (QED) is 0.827. The van der Waals surface area contributed by atoms with Crippen molar-refractivity contribution in [3.8, 4) is 11.5 Å². The normalized spacial score (nSPS) is 18.7. The van der Waals surface area contributed by atoms with Crippen molar-refractivity contribution in [1.82, 2.24) is 0 Å². The molecular formula is C13H19NO3S. The number of methoxy groups -OCH3 is 1. The molecule has 1 fully saturated rings. The predicted molar refractivity (Wildman–Crippen MR) is 74.9 cm³/mol. The lowest BCUT2D eigenvalue weighted by atomic mass is 10.2. The minimum atomic E-state index is 0.0000749. The van der Waals surface area contributed by atoms with Crippen molar-refractivity contribution >= 4 is 17.4 Å². The third kappa shape index (κ3) is 3.46. The molecule has 1 aliphatic heterocycles. The smallest absolute Gasteiger partial charge is 0.163 e. The molecular weight excluding hydrogens is 250 g/mol. The summed E-state index contributed by atoms with van der Waals surface area (Å²) >= 11 is 1.98. The Bertz CT molecular complexity index is 380. The second-order valence-corrected chi connectivity index (χ2v) is 5.29. The van der Waals surface area contributed by atoms with Gasteiger partial charge in [0.2, 0.25) is 0 Å². The number of aliphatic hydroxyl groups excluding tert-OH is 1. The van der Waals surface area contributed by atoms with Crippen LogP contribution in [0.2, 0.25) is 0 Å². The fourth-order valence-corrected chi connectivity index (χ4v) is 3.07. The Balaban J connectivity index is 2.05. The number of rotatable bonds is 6. The van der Waals surface area contributed by atoms with E-state index in [2.05, 4.69) is 5.32 Å². The molecule has 4 nitrogen and oxygen atoms in total. The van der Waals surface area contributed by atoms with Crippen LogP contribution >= 0.6 is 11.8 Å². The minimum absolute atomic E-state index is 0.0000749. The second-order valence-electron chi connectivity index (χ2n) is 4.14. The first-order valence-electron chi connectivity index (χ1n) is 6.09. The lowest BCUT2D eigenvalue weighted by molar-refractivity contribution is 0.196. The molecule has 1 aromatic rings. The topological polar surface area (TPSA) is 50.7 Å². The molecule has 1 atom stereocenters. The molecule has 0 amide bonds. The van der Waals surface area contributed by atoms with E-state index >= 15 is 0 Å². The number of hydrogen-bond donors (Lipinski definition) is 2. The molecule has 1 saturated heterocycles. The zero-order valence-electron chi connectivity index (χ0n) is 10.5. The molecule has 5 heteroatoms. The molecule has 1 unspecified atom stereocenters. The maximum atomic E-state index is 8.81. The molecule has 0 saturated carbocycles. The van der Waals surface area contributed by atoms with Crippen molar-refractivity contribution in [3.05, 3.63) is 18.2 Å². The number of hydrogen-bond acceptors (Lipinski definition) is 5. The highest BCUT2D eigenvalue weighted by molar-refractivity contribution is 7.99. The molecule has 2 rings (SSSR count). The summed E-state index contributed by atoms with van der Waals surface area (Å²) < 4.78 is 10.7. The van der Waals surface area contributed by atoms with Crippen LogP contribution in [0.1, 0.15) is 6.42 Å². The molecule has 1 aromatic carbocycles. The molecule has 18 heavy (non-hydrogen) atoms. The van der Waals surface area contributed by atoms with Gasteiger partial charge in [-0.1, -0.05) is 0 Å². The van der Waals surface area contributed by atoms with Gasteiger partial charge in [0.1, 0.15) is 6.61 Å². The Hall–Kier alpha value is -1.07. The van der Waals surface area contributed by atoms with Crippen molar-refractivity contribution in [1.29, 1.82) is 0 Å². The predicted octanol–water partition coefficient (Wildman–Crippen LogP) is 1.98. The summed E-state index contributed by atoms with van der Waals surface area (Å²) in [6.45, 7) is 0.277. The van der Waals surface area contributed by atoms with Crippen molar-refractivity contribution in [2.24, 2.45) is 0 Å². The number of anilines is 1. The summed E-state index contributed by atoms with van der Waals surface area (Å²) in [5.74, 6) is 3.73. The highest BCUT2D eigenvalue weighted by Crippen LogP contribution is 2.31. The average molecular weight is 269 g/mol. The SMILES string of the molecule is COc1ccc(NC2CCSC2)cc1OCCO. The van der Waals surface area contributed by atoms with Gasteiger partial charge >= 0.3 is 0 Å². The number of ether oxygens (including phenoxy) is 2. The van der Waals surface area contributed by atoms with Crippen LogP contribution in [0.5, 0.6) is 11.5 Å². The van der Waals surface area contributed by atoms with Gasteiger partial charge in [0, 0.05) is 23.5 Å². The van der Waals surface area contributed by atoms with E-state index in [1.807, 2.05) is 30.0 Å². The van der Waals surface area contributed by atoms with Gasteiger partial charge in [-0.2, -0.15) is 11.8 Å². The summed E-state index contributed by atoms with van der Waals surface area (Å²) in [6, 6.07) is 6.34. The van der Waals surface area contributed by atoms with E-state index in [4.69, 9.17) is 14.6 Å². The Morgan fingerprint density at radius 3 is 3.00 bits per heavy atom. The zero-order chi connectivity index (χ0) is 12.8. The number of aliphatic hydroxyl groups is 1. The van der Waals surface area contributed by atoms with E-state index in [0.717, 1.165) is 11.4 Å². The Labute approximate surface area is 112 Å². The zero-order valence-corrected chi connectivity index (χ0v) is 11.3. The van der Waals surface area contributed by atoms with Gasteiger partial charge < -0.3 is 19.9 Å². The molecule has 100 valence electrons. The molecule has 0 bridgehead atoms. The van der Waals surface area contributed by atoms with Crippen LogP contribution < -0.4 is 14.8 Å². The summed E-state index contributed by atoms with van der Waals surface area (Å²) in [4.78, 5) is 0. The van der Waals surface area contributed by atoms with Crippen LogP contribution in [0, 0.1) is 0 Å². The van der Waals surface area contributed by atoms with Crippen LogP contribution in [0.3, 0.4) is 0 Å². The fourth-order valence-electron chi connectivity index (χ4n) is 1.92. The van der Waals surface area contributed by atoms with Gasteiger partial charge in [-0.25, -0.2) is 0 Å². The van der Waals surface area contributed by atoms with Gasteiger partial charge in [-0.3, -0.25) is 0 Å². The minimum Gasteiger partial charge on any atom is -0.493 e. The Kier molecular flexibility index (Phi) is 5.01. The monoisotopic (exact) mass is 269 g/mol. The first-order chi connectivity index (χ1) is 8.83. The van der Waals surface area contributed by atoms with E-state index in [0.29, 0.717) is 17.5 Å². The highest BCUT2D eigenvalue weighted by Gasteiger charge is 2.15. The van der Waals surface area contributed by atoms with E-state index < -0.39 is 0 Å². The van der Waals surface area contributed by atoms with Gasteiger partial charge in [0.05, 0.1) is 13.7 Å². The largest absolute Gasteiger partial charge is 0.493 e. The van der Waals surface area contributed by atoms with Gasteiger partial charge in [0.15, 0.2) is 11.5 Å². The molecule has 0 aliphatic carbocycles. The molecule has 1 aliphatic rings. The first kappa shape index (κ1) is 13.4. The van der Waals surface area contributed by atoms with E-state index in [1.54, 1.807) is 7.11 Å². The number of thioether (sulfide) groups is 1. The van der Waals surface area contributed by atoms with Crippen LogP contribution in [0.4, 0.5) is 5.69 Å². The van der Waals surface area contributed by atoms with Crippen LogP contribution in [0.15, 0.2) is 18.2 Å². The highest BCUT2D eigenvalue weighted by atomic mass is 32.2. The van der Waals surface area contributed by atoms with Crippen LogP contribution in [0.25, 0.3) is 0 Å². The molecule has 0 spiro atoms. The van der Waals surface area contributed by atoms with Crippen molar-refractivity contribution in [2.75, 3.05) is 37.1 Å². The van der Waals surface area contributed by atoms with Gasteiger partial charge in [-0.05, 0) is 24.3 Å². The van der Waals surface area contributed by atoms with Crippen molar-refractivity contribution < 1.29 is 14.6 Å². The third-order valence-electron chi connectivity index (χ3n) is 2.81. The summed E-state index contributed by atoms with van der Waals surface area (Å²) in [5, 5.41) is 12.3. The van der Waals surface area contributed by atoms with E-state index in [1.165, 1.54) is 12.2 Å². The summed E-state index contributed by atoms with van der Waals surface area (Å²) in [7, 11) is 1.61. The standard InChI is InChI=1S/C13H19NO3S/c1-16-12-3-2-10(8-13(12)17-6-5-15)14-11-4-7-18-9-11/h2-3,8,11,14-15H,4-7,9H2,1H3. The summed E-state index contributed by atoms with van der Waals surface area (Å²) in [5.41, 5.74) is 1.04. The number of nitrogens with one attached hydrogen (secondary N) is 1. The summed E-state index contributed by atoms with van der Waals surface area (Å²) in [6.07, 6.45) is 1.20. The maximum absolute atomic E-state index is 8.81. The van der Waals surface area contributed by atoms with Crippen LogP contribution in [-0.4, -0.2) is 43.0 Å². The number of benzene rings is 1. The third-order valence-corrected chi connectivity index (χ3v) is 3.98. The fraction of sp³-hybridized carbons (Fsp3) is 0.538. The first-order valence-corrected chi connectivity index (χ1v) is 7.25. The van der Waals surface area contributed by atoms with Crippen molar-refractivity contribution in [3.63, 3.8) is 0 Å². The molecule has 0 aromatic heterocycles. The Morgan fingerprint density at radius 1 is 1.44 bits per heavy atom. The second kappa shape index (κ2) is 6.75. The molecule has 1 heterocycles. The molecule has 2 N–H and O–H groups in total. The van der Waals surface area contributed by atoms with Crippen LogP contribution in [-0.2, 0) is 0 Å². The van der Waals surface area contributed by atoms with E-state index in [9.17, 15) is 0 Å². The molecule has 0 radical (unpaired) electrons. The average Bonchev–Trinajstić information content (AvgIpc) is 2.89. The lowest BCUT2D eigenvalue weighted by Gasteiger charge is -2.16. The van der Waals surface area contributed by atoms with Crippen molar-refractivity contribution in [2.45, 2.75) is 12.5 Å². The van der Waals surface area contributed by atoms with E-state index in [-0.39, 0.29) is 13.2 Å². The maximum Gasteiger partial charge on any atom is 0.163 e. The lowest BCUT2D eigenvalue weighted by Crippen LogP contribution is -2.18.